The van der Waals surface area contributed by atoms with E-state index in [2.05, 4.69) is 47.9 Å². The molecule has 4 heterocycles. The van der Waals surface area contributed by atoms with E-state index < -0.39 is 0 Å². The Hall–Kier alpha value is -1.55. The molecule has 0 spiro atoms. The van der Waals surface area contributed by atoms with E-state index in [9.17, 15) is 4.79 Å². The molecular weight excluding hydrogens is 312 g/mol. The second kappa shape index (κ2) is 6.64. The van der Waals surface area contributed by atoms with E-state index in [4.69, 9.17) is 4.74 Å². The van der Waals surface area contributed by atoms with Gasteiger partial charge in [-0.2, -0.15) is 0 Å². The normalized spacial score (nSPS) is 33.6. The Kier molecular flexibility index (Phi) is 4.48. The van der Waals surface area contributed by atoms with Gasteiger partial charge < -0.3 is 9.64 Å². The molecule has 0 N–H and O–H groups in total. The number of carbonyl (C=O) groups excluding carboxylic acids is 1. The van der Waals surface area contributed by atoms with Crippen molar-refractivity contribution in [2.45, 2.75) is 51.1 Å². The van der Waals surface area contributed by atoms with E-state index in [0.717, 1.165) is 12.3 Å². The highest BCUT2D eigenvalue weighted by atomic mass is 16.5. The van der Waals surface area contributed by atoms with Gasteiger partial charge in [0.15, 0.2) is 0 Å². The number of rotatable bonds is 4. The van der Waals surface area contributed by atoms with Crippen LogP contribution in [0.5, 0.6) is 5.75 Å². The fourth-order valence-electron chi connectivity index (χ4n) is 5.32. The molecule has 4 heteroatoms. The first-order valence-electron chi connectivity index (χ1n) is 9.76. The predicted octanol–water partition coefficient (Wildman–Crippen LogP) is 3.13. The number of piperidine rings is 3. The van der Waals surface area contributed by atoms with Crippen LogP contribution in [0.15, 0.2) is 24.3 Å². The minimum absolute atomic E-state index is 0.356. The number of carbonyl (C=O) groups is 1. The van der Waals surface area contributed by atoms with Gasteiger partial charge in [-0.15, -0.1) is 0 Å². The maximum atomic E-state index is 13.0. The maximum Gasteiger partial charge on any atom is 0.223 e. The number of benzene rings is 1. The molecule has 4 saturated heterocycles. The minimum atomic E-state index is 0.356. The Bertz CT molecular complexity index is 619. The average Bonchev–Trinajstić information content (AvgIpc) is 3.05. The molecule has 0 aromatic heterocycles. The second-order valence-electron chi connectivity index (χ2n) is 8.38. The third-order valence-electron chi connectivity index (χ3n) is 6.44. The number of methoxy groups -OCH3 is 1. The minimum Gasteiger partial charge on any atom is -0.497 e. The number of amides is 1. The lowest BCUT2D eigenvalue weighted by atomic mass is 9.75. The Morgan fingerprint density at radius 3 is 2.44 bits per heavy atom. The molecule has 4 fully saturated rings. The molecule has 2 bridgehead atoms. The van der Waals surface area contributed by atoms with E-state index in [1.54, 1.807) is 7.11 Å². The Labute approximate surface area is 151 Å². The lowest BCUT2D eigenvalue weighted by Crippen LogP contribution is -2.60. The first-order chi connectivity index (χ1) is 12.1. The molecule has 0 aliphatic carbocycles. The molecular formula is C21H30N2O2. The van der Waals surface area contributed by atoms with Crippen molar-refractivity contribution in [1.82, 2.24) is 9.80 Å². The van der Waals surface area contributed by atoms with E-state index in [1.807, 2.05) is 0 Å². The molecule has 3 atom stereocenters. The van der Waals surface area contributed by atoms with Crippen molar-refractivity contribution in [2.75, 3.05) is 26.7 Å². The van der Waals surface area contributed by atoms with Gasteiger partial charge in [0, 0.05) is 24.9 Å². The maximum absolute atomic E-state index is 13.0. The van der Waals surface area contributed by atoms with Gasteiger partial charge in [-0.05, 0) is 55.5 Å². The summed E-state index contributed by atoms with van der Waals surface area (Å²) in [6, 6.07) is 9.41. The number of likely N-dealkylation sites (tertiary alicyclic amines) is 1. The zero-order valence-electron chi connectivity index (χ0n) is 15.6. The highest BCUT2D eigenvalue weighted by Crippen LogP contribution is 2.46. The van der Waals surface area contributed by atoms with Crippen molar-refractivity contribution in [1.29, 1.82) is 0 Å². The van der Waals surface area contributed by atoms with Crippen LogP contribution in [0.1, 0.15) is 44.6 Å². The molecule has 0 saturated carbocycles. The van der Waals surface area contributed by atoms with E-state index >= 15 is 0 Å². The molecule has 25 heavy (non-hydrogen) atoms. The predicted molar refractivity (Wildman–Crippen MR) is 98.8 cm³/mol. The molecule has 1 aromatic carbocycles. The van der Waals surface area contributed by atoms with Crippen molar-refractivity contribution in [2.24, 2.45) is 11.8 Å². The largest absolute Gasteiger partial charge is 0.497 e. The number of hydrogen-bond donors (Lipinski definition) is 0. The highest BCUT2D eigenvalue weighted by molar-refractivity contribution is 5.77. The van der Waals surface area contributed by atoms with Crippen LogP contribution in [0.4, 0.5) is 0 Å². The fourth-order valence-corrected chi connectivity index (χ4v) is 5.32. The molecule has 4 aliphatic heterocycles. The topological polar surface area (TPSA) is 32.8 Å². The van der Waals surface area contributed by atoms with Crippen LogP contribution >= 0.6 is 0 Å². The number of fused-ring (bicyclic) bond motifs is 2. The fraction of sp³-hybridized carbons (Fsp3) is 0.667. The summed E-state index contributed by atoms with van der Waals surface area (Å²) in [5.74, 6) is 2.79. The van der Waals surface area contributed by atoms with Gasteiger partial charge in [0.05, 0.1) is 13.2 Å². The Morgan fingerprint density at radius 2 is 1.84 bits per heavy atom. The summed E-state index contributed by atoms with van der Waals surface area (Å²) in [7, 11) is 1.71. The molecule has 136 valence electrons. The quantitative estimate of drug-likeness (QED) is 0.843. The van der Waals surface area contributed by atoms with Crippen LogP contribution in [0.2, 0.25) is 0 Å². The highest BCUT2D eigenvalue weighted by Gasteiger charge is 2.54. The van der Waals surface area contributed by atoms with Crippen molar-refractivity contribution in [3.05, 3.63) is 29.8 Å². The van der Waals surface area contributed by atoms with Crippen LogP contribution in [0, 0.1) is 11.8 Å². The third-order valence-corrected chi connectivity index (χ3v) is 6.44. The van der Waals surface area contributed by atoms with Crippen LogP contribution in [-0.4, -0.2) is 54.5 Å². The van der Waals surface area contributed by atoms with Crippen LogP contribution in [0.3, 0.4) is 0 Å². The summed E-state index contributed by atoms with van der Waals surface area (Å²) in [6.45, 7) is 7.56. The van der Waals surface area contributed by atoms with Gasteiger partial charge in [-0.25, -0.2) is 0 Å². The molecule has 1 aromatic rings. The van der Waals surface area contributed by atoms with E-state index in [-0.39, 0.29) is 0 Å². The standard InChI is InChI=1S/C21H30N2O2/c1-14(2)12-19(24)23-13-18(15-4-6-17(25-3)7-5-15)21-20(23)16-8-10-22(21)11-9-16/h4-7,14,16,18,20-21H,8-13H2,1-3H3/t18-,20+,21+/m1/s1. The molecule has 0 radical (unpaired) electrons. The smallest absolute Gasteiger partial charge is 0.223 e. The summed E-state index contributed by atoms with van der Waals surface area (Å²) < 4.78 is 5.32. The third kappa shape index (κ3) is 2.95. The first-order valence-corrected chi connectivity index (χ1v) is 9.76. The van der Waals surface area contributed by atoms with Crippen molar-refractivity contribution in [3.63, 3.8) is 0 Å². The summed E-state index contributed by atoms with van der Waals surface area (Å²) >= 11 is 0. The number of nitrogens with zero attached hydrogens (tertiary/aromatic N) is 2. The van der Waals surface area contributed by atoms with Gasteiger partial charge in [-0.3, -0.25) is 9.69 Å². The zero-order valence-corrected chi connectivity index (χ0v) is 15.6. The number of hydrogen-bond acceptors (Lipinski definition) is 3. The molecule has 5 rings (SSSR count). The van der Waals surface area contributed by atoms with Crippen molar-refractivity contribution < 1.29 is 9.53 Å². The Balaban J connectivity index is 1.64. The SMILES string of the molecule is COc1ccc([C@H]2CN(C(=O)CC(C)C)[C@H]3C4CCN(CC4)[C@@H]23)cc1. The number of ether oxygens (including phenoxy) is 1. The van der Waals surface area contributed by atoms with Crippen LogP contribution in [-0.2, 0) is 4.79 Å². The van der Waals surface area contributed by atoms with Gasteiger partial charge in [-0.1, -0.05) is 26.0 Å². The van der Waals surface area contributed by atoms with Gasteiger partial charge in [0.25, 0.3) is 0 Å². The summed E-state index contributed by atoms with van der Waals surface area (Å²) in [5.41, 5.74) is 1.35. The lowest BCUT2D eigenvalue weighted by Gasteiger charge is -2.51. The molecule has 4 nitrogen and oxygen atoms in total. The monoisotopic (exact) mass is 342 g/mol. The van der Waals surface area contributed by atoms with Gasteiger partial charge in [0.1, 0.15) is 5.75 Å². The average molecular weight is 342 g/mol. The first kappa shape index (κ1) is 16.9. The second-order valence-corrected chi connectivity index (χ2v) is 8.38. The van der Waals surface area contributed by atoms with Gasteiger partial charge >= 0.3 is 0 Å². The molecule has 0 unspecified atom stereocenters. The lowest BCUT2D eigenvalue weighted by molar-refractivity contribution is -0.136. The van der Waals surface area contributed by atoms with Crippen LogP contribution in [0.25, 0.3) is 0 Å². The molecule has 4 aliphatic rings. The zero-order chi connectivity index (χ0) is 17.6. The van der Waals surface area contributed by atoms with E-state index in [0.29, 0.717) is 42.2 Å². The van der Waals surface area contributed by atoms with Crippen molar-refractivity contribution in [3.8, 4) is 5.75 Å². The summed E-state index contributed by atoms with van der Waals surface area (Å²) in [6.07, 6.45) is 3.18. The Morgan fingerprint density at radius 1 is 1.16 bits per heavy atom. The van der Waals surface area contributed by atoms with Crippen LogP contribution < -0.4 is 4.74 Å². The summed E-state index contributed by atoms with van der Waals surface area (Å²) in [5, 5.41) is 0. The van der Waals surface area contributed by atoms with Gasteiger partial charge in [0.2, 0.25) is 5.91 Å². The van der Waals surface area contributed by atoms with E-state index in [1.165, 1.54) is 31.5 Å². The summed E-state index contributed by atoms with van der Waals surface area (Å²) in [4.78, 5) is 17.9. The van der Waals surface area contributed by atoms with Crippen molar-refractivity contribution >= 4 is 5.91 Å². The molecule has 1 amide bonds.